The Hall–Kier alpha value is -3.06. The summed E-state index contributed by atoms with van der Waals surface area (Å²) in [7, 11) is 0. The van der Waals surface area contributed by atoms with Crippen LogP contribution in [0.1, 0.15) is 40.6 Å². The zero-order chi connectivity index (χ0) is 20.6. The number of carbonyl (C=O) groups is 1. The fraction of sp³-hybridized carbons (Fsp3) is 0.391. The second-order valence-electron chi connectivity index (χ2n) is 8.26. The number of rotatable bonds is 3. The van der Waals surface area contributed by atoms with Crippen LogP contribution in [0.15, 0.2) is 53.2 Å². The van der Waals surface area contributed by atoms with Gasteiger partial charge in [0.25, 0.3) is 5.91 Å². The molecule has 7 heteroatoms. The van der Waals surface area contributed by atoms with E-state index in [4.69, 9.17) is 9.15 Å². The first-order chi connectivity index (χ1) is 14.6. The van der Waals surface area contributed by atoms with Gasteiger partial charge in [-0.25, -0.2) is 0 Å². The van der Waals surface area contributed by atoms with Crippen molar-refractivity contribution >= 4 is 5.91 Å². The maximum absolute atomic E-state index is 13.2. The summed E-state index contributed by atoms with van der Waals surface area (Å²) >= 11 is 0. The molecule has 0 bridgehead atoms. The Labute approximate surface area is 175 Å². The van der Waals surface area contributed by atoms with Crippen molar-refractivity contribution in [2.24, 2.45) is 5.41 Å². The lowest BCUT2D eigenvalue weighted by Gasteiger charge is -2.36. The number of likely N-dealkylation sites (tertiary alicyclic amines) is 1. The van der Waals surface area contributed by atoms with Gasteiger partial charge in [-0.15, -0.1) is 10.2 Å². The minimum atomic E-state index is -0.0974. The van der Waals surface area contributed by atoms with Gasteiger partial charge in [0.05, 0.1) is 5.92 Å². The fourth-order valence-electron chi connectivity index (χ4n) is 4.70. The molecule has 3 aromatic rings. The second kappa shape index (κ2) is 7.65. The first-order valence-electron chi connectivity index (χ1n) is 10.3. The Balaban J connectivity index is 1.46. The van der Waals surface area contributed by atoms with E-state index in [-0.39, 0.29) is 17.2 Å². The molecule has 1 amide bonds. The highest BCUT2D eigenvalue weighted by molar-refractivity contribution is 5.94. The molecule has 2 saturated heterocycles. The van der Waals surface area contributed by atoms with Crippen molar-refractivity contribution in [2.75, 3.05) is 26.3 Å². The van der Waals surface area contributed by atoms with Gasteiger partial charge in [0.15, 0.2) is 0 Å². The molecule has 7 nitrogen and oxygen atoms in total. The van der Waals surface area contributed by atoms with Gasteiger partial charge < -0.3 is 14.1 Å². The molecule has 1 spiro atoms. The van der Waals surface area contributed by atoms with Crippen LogP contribution in [0.5, 0.6) is 0 Å². The molecule has 0 aliphatic carbocycles. The first kappa shape index (κ1) is 18.9. The van der Waals surface area contributed by atoms with E-state index >= 15 is 0 Å². The molecule has 2 fully saturated rings. The Morgan fingerprint density at radius 1 is 1.13 bits per heavy atom. The Morgan fingerprint density at radius 2 is 1.93 bits per heavy atom. The lowest BCUT2D eigenvalue weighted by atomic mass is 9.72. The van der Waals surface area contributed by atoms with Gasteiger partial charge in [0.2, 0.25) is 11.8 Å². The summed E-state index contributed by atoms with van der Waals surface area (Å²) < 4.78 is 11.7. The van der Waals surface area contributed by atoms with Crippen molar-refractivity contribution in [3.05, 3.63) is 65.8 Å². The number of amides is 1. The molecule has 4 heterocycles. The third kappa shape index (κ3) is 3.39. The van der Waals surface area contributed by atoms with Crippen molar-refractivity contribution in [2.45, 2.75) is 25.7 Å². The molecule has 1 atom stereocenters. The second-order valence-corrected chi connectivity index (χ2v) is 8.26. The van der Waals surface area contributed by atoms with Crippen LogP contribution in [0.3, 0.4) is 0 Å². The minimum absolute atomic E-state index is 0.00162. The van der Waals surface area contributed by atoms with E-state index in [1.807, 2.05) is 48.2 Å². The molecular weight excluding hydrogens is 380 g/mol. The molecular formula is C23H24N4O3. The van der Waals surface area contributed by atoms with Gasteiger partial charge in [0.1, 0.15) is 0 Å². The number of carbonyl (C=O) groups excluding carboxylic acids is 1. The summed E-state index contributed by atoms with van der Waals surface area (Å²) in [5.41, 5.74) is 2.55. The monoisotopic (exact) mass is 404 g/mol. The highest BCUT2D eigenvalue weighted by atomic mass is 16.5. The van der Waals surface area contributed by atoms with E-state index in [0.717, 1.165) is 29.5 Å². The molecule has 2 aliphatic heterocycles. The number of pyridine rings is 1. The normalized spacial score (nSPS) is 20.6. The highest BCUT2D eigenvalue weighted by Gasteiger charge is 2.51. The molecule has 1 unspecified atom stereocenters. The number of benzene rings is 1. The average molecular weight is 404 g/mol. The molecule has 0 N–H and O–H groups in total. The van der Waals surface area contributed by atoms with Gasteiger partial charge in [0, 0.05) is 55.2 Å². The molecule has 5 rings (SSSR count). The molecule has 0 saturated carbocycles. The van der Waals surface area contributed by atoms with E-state index in [2.05, 4.69) is 15.2 Å². The van der Waals surface area contributed by atoms with Gasteiger partial charge in [-0.3, -0.25) is 9.78 Å². The van der Waals surface area contributed by atoms with Crippen molar-refractivity contribution in [1.29, 1.82) is 0 Å². The first-order valence-corrected chi connectivity index (χ1v) is 10.3. The van der Waals surface area contributed by atoms with Gasteiger partial charge in [-0.1, -0.05) is 17.7 Å². The maximum atomic E-state index is 13.2. The summed E-state index contributed by atoms with van der Waals surface area (Å²) in [5, 5.41) is 8.66. The zero-order valence-corrected chi connectivity index (χ0v) is 17.0. The van der Waals surface area contributed by atoms with Crippen LogP contribution in [-0.2, 0) is 4.74 Å². The Bertz CT molecular complexity index is 1040. The van der Waals surface area contributed by atoms with E-state index in [1.54, 1.807) is 12.4 Å². The standard InChI is InChI=1S/C23H24N4O3/c1-16-3-2-4-18(13-16)22(28)27-14-19(23(15-27)7-11-29-12-8-23)21-26-25-20(30-21)17-5-9-24-10-6-17/h2-6,9-10,13,19H,7-8,11-12,14-15H2,1H3. The van der Waals surface area contributed by atoms with Crippen LogP contribution < -0.4 is 0 Å². The minimum Gasteiger partial charge on any atom is -0.420 e. The summed E-state index contributed by atoms with van der Waals surface area (Å²) in [5.74, 6) is 1.14. The predicted molar refractivity (Wildman–Crippen MR) is 110 cm³/mol. The van der Waals surface area contributed by atoms with Gasteiger partial charge in [-0.05, 0) is 44.0 Å². The molecule has 0 radical (unpaired) electrons. The van der Waals surface area contributed by atoms with Gasteiger partial charge in [-0.2, -0.15) is 0 Å². The Morgan fingerprint density at radius 3 is 2.70 bits per heavy atom. The summed E-state index contributed by atoms with van der Waals surface area (Å²) in [6.07, 6.45) is 5.17. The zero-order valence-electron chi connectivity index (χ0n) is 17.0. The number of aryl methyl sites for hydroxylation is 1. The number of hydrogen-bond acceptors (Lipinski definition) is 6. The summed E-state index contributed by atoms with van der Waals surface area (Å²) in [4.78, 5) is 19.2. The lowest BCUT2D eigenvalue weighted by molar-refractivity contribution is 0.00908. The summed E-state index contributed by atoms with van der Waals surface area (Å²) in [6.45, 7) is 4.64. The highest BCUT2D eigenvalue weighted by Crippen LogP contribution is 2.49. The van der Waals surface area contributed by atoms with Crippen LogP contribution >= 0.6 is 0 Å². The number of ether oxygens (including phenoxy) is 1. The van der Waals surface area contributed by atoms with Crippen LogP contribution in [-0.4, -0.2) is 52.3 Å². The summed E-state index contributed by atoms with van der Waals surface area (Å²) in [6, 6.07) is 11.5. The third-order valence-corrected chi connectivity index (χ3v) is 6.35. The van der Waals surface area contributed by atoms with E-state index in [9.17, 15) is 4.79 Å². The molecule has 2 aliphatic rings. The average Bonchev–Trinajstić information content (AvgIpc) is 3.40. The number of nitrogens with zero attached hydrogens (tertiary/aromatic N) is 4. The van der Waals surface area contributed by atoms with Crippen LogP contribution in [0.4, 0.5) is 0 Å². The molecule has 2 aromatic heterocycles. The fourth-order valence-corrected chi connectivity index (χ4v) is 4.70. The van der Waals surface area contributed by atoms with Crippen molar-refractivity contribution in [3.63, 3.8) is 0 Å². The quantitative estimate of drug-likeness (QED) is 0.665. The topological polar surface area (TPSA) is 81.4 Å². The maximum Gasteiger partial charge on any atom is 0.253 e. The van der Waals surface area contributed by atoms with Crippen LogP contribution in [0.25, 0.3) is 11.5 Å². The number of hydrogen-bond donors (Lipinski definition) is 0. The van der Waals surface area contributed by atoms with Gasteiger partial charge >= 0.3 is 0 Å². The smallest absolute Gasteiger partial charge is 0.253 e. The largest absolute Gasteiger partial charge is 0.420 e. The van der Waals surface area contributed by atoms with Crippen LogP contribution in [0.2, 0.25) is 0 Å². The van der Waals surface area contributed by atoms with Crippen LogP contribution in [0, 0.1) is 12.3 Å². The van der Waals surface area contributed by atoms with E-state index in [1.165, 1.54) is 0 Å². The van der Waals surface area contributed by atoms with Crippen molar-refractivity contribution < 1.29 is 13.9 Å². The molecule has 154 valence electrons. The third-order valence-electron chi connectivity index (χ3n) is 6.35. The van der Waals surface area contributed by atoms with E-state index in [0.29, 0.717) is 38.1 Å². The lowest BCUT2D eigenvalue weighted by Crippen LogP contribution is -2.37. The Kier molecular flexibility index (Phi) is 4.83. The van der Waals surface area contributed by atoms with Crippen molar-refractivity contribution in [3.8, 4) is 11.5 Å². The van der Waals surface area contributed by atoms with Crippen molar-refractivity contribution in [1.82, 2.24) is 20.1 Å². The SMILES string of the molecule is Cc1cccc(C(=O)N2CC(c3nnc(-c4ccncc4)o3)C3(CCOCC3)C2)c1. The molecule has 30 heavy (non-hydrogen) atoms. The van der Waals surface area contributed by atoms with E-state index < -0.39 is 0 Å². The molecule has 1 aromatic carbocycles. The predicted octanol–water partition coefficient (Wildman–Crippen LogP) is 3.48. The number of aromatic nitrogens is 3.